The number of benzene rings is 8. The number of nitrogens with zero attached hydrogens (tertiary/aromatic N) is 4. The fourth-order valence-electron chi connectivity index (χ4n) is 7.46. The first kappa shape index (κ1) is 30.6. The summed E-state index contributed by atoms with van der Waals surface area (Å²) in [5, 5.41) is 4.80. The molecule has 0 aliphatic heterocycles. The van der Waals surface area contributed by atoms with Crippen molar-refractivity contribution in [3.8, 4) is 62.1 Å². The minimum atomic E-state index is 0.621. The Hall–Kier alpha value is -7.17. The number of aromatic nitrogens is 4. The number of rotatable bonds is 6. The minimum Gasteiger partial charge on any atom is -0.309 e. The first-order valence-corrected chi connectivity index (χ1v) is 17.9. The predicted octanol–water partition coefficient (Wildman–Crippen LogP) is 12.5. The summed E-state index contributed by atoms with van der Waals surface area (Å²) in [5.74, 6) is 1.88. The Morgan fingerprint density at radius 3 is 1.53 bits per heavy atom. The van der Waals surface area contributed by atoms with Gasteiger partial charge < -0.3 is 4.57 Å². The Labute approximate surface area is 307 Å². The first-order valence-electron chi connectivity index (χ1n) is 17.9. The fraction of sp³-hybridized carbons (Fsp3) is 0. The normalized spacial score (nSPS) is 11.4. The molecule has 0 unspecified atom stereocenters. The van der Waals surface area contributed by atoms with E-state index in [2.05, 4.69) is 174 Å². The van der Waals surface area contributed by atoms with Gasteiger partial charge in [-0.2, -0.15) is 0 Å². The maximum absolute atomic E-state index is 5.21. The molecule has 0 aliphatic carbocycles. The molecule has 2 heterocycles. The molecule has 10 rings (SSSR count). The Morgan fingerprint density at radius 1 is 0.321 bits per heavy atom. The third kappa shape index (κ3) is 5.54. The number of para-hydroxylation sites is 1. The smallest absolute Gasteiger partial charge is 0.164 e. The molecule has 0 N–H and O–H groups in total. The zero-order valence-electron chi connectivity index (χ0n) is 28.8. The van der Waals surface area contributed by atoms with Crippen LogP contribution in [0.3, 0.4) is 0 Å². The van der Waals surface area contributed by atoms with Crippen molar-refractivity contribution in [2.75, 3.05) is 0 Å². The van der Waals surface area contributed by atoms with Crippen LogP contribution in [-0.4, -0.2) is 19.5 Å². The van der Waals surface area contributed by atoms with Gasteiger partial charge in [0.2, 0.25) is 0 Å². The van der Waals surface area contributed by atoms with E-state index in [1.807, 2.05) is 24.3 Å². The van der Waals surface area contributed by atoms with Gasteiger partial charge in [-0.15, -0.1) is 0 Å². The maximum atomic E-state index is 5.21. The highest BCUT2D eigenvalue weighted by atomic mass is 15.0. The van der Waals surface area contributed by atoms with Crippen LogP contribution >= 0.6 is 0 Å². The molecule has 0 spiro atoms. The summed E-state index contributed by atoms with van der Waals surface area (Å²) in [7, 11) is 0. The van der Waals surface area contributed by atoms with Crippen LogP contribution in [0.1, 0.15) is 0 Å². The molecule has 0 atom stereocenters. The molecular weight excluding hydrogens is 645 g/mol. The van der Waals surface area contributed by atoms with Crippen LogP contribution in [0, 0.1) is 0 Å². The largest absolute Gasteiger partial charge is 0.309 e. The van der Waals surface area contributed by atoms with Gasteiger partial charge in [0, 0.05) is 33.2 Å². The van der Waals surface area contributed by atoms with Gasteiger partial charge in [-0.3, -0.25) is 0 Å². The van der Waals surface area contributed by atoms with Crippen LogP contribution in [0.25, 0.3) is 94.7 Å². The molecule has 0 saturated heterocycles. The van der Waals surface area contributed by atoms with Gasteiger partial charge in [0.1, 0.15) is 0 Å². The Kier molecular flexibility index (Phi) is 7.43. The zero-order valence-corrected chi connectivity index (χ0v) is 28.8. The predicted molar refractivity (Wildman–Crippen MR) is 219 cm³/mol. The van der Waals surface area contributed by atoms with E-state index in [9.17, 15) is 0 Å². The van der Waals surface area contributed by atoms with Crippen molar-refractivity contribution in [3.63, 3.8) is 0 Å². The van der Waals surface area contributed by atoms with Crippen LogP contribution in [-0.2, 0) is 0 Å². The molecule has 0 aliphatic rings. The second-order valence-electron chi connectivity index (χ2n) is 13.3. The van der Waals surface area contributed by atoms with E-state index in [0.717, 1.165) is 50.1 Å². The molecule has 53 heavy (non-hydrogen) atoms. The lowest BCUT2D eigenvalue weighted by Crippen LogP contribution is -2.01. The molecule has 2 aromatic heterocycles. The van der Waals surface area contributed by atoms with Crippen LogP contribution in [0.4, 0.5) is 0 Å². The van der Waals surface area contributed by atoms with E-state index in [4.69, 9.17) is 15.0 Å². The quantitative estimate of drug-likeness (QED) is 0.176. The van der Waals surface area contributed by atoms with Crippen molar-refractivity contribution >= 4 is 32.6 Å². The second-order valence-corrected chi connectivity index (χ2v) is 13.3. The van der Waals surface area contributed by atoms with Crippen molar-refractivity contribution in [1.82, 2.24) is 19.5 Å². The van der Waals surface area contributed by atoms with Gasteiger partial charge >= 0.3 is 0 Å². The van der Waals surface area contributed by atoms with Gasteiger partial charge in [0.05, 0.1) is 11.0 Å². The van der Waals surface area contributed by atoms with E-state index in [0.29, 0.717) is 17.5 Å². The summed E-state index contributed by atoms with van der Waals surface area (Å²) in [4.78, 5) is 15.4. The molecule has 0 amide bonds. The van der Waals surface area contributed by atoms with Gasteiger partial charge in [0.15, 0.2) is 17.5 Å². The summed E-state index contributed by atoms with van der Waals surface area (Å²) in [6.07, 6.45) is 0. The van der Waals surface area contributed by atoms with Crippen LogP contribution in [0.5, 0.6) is 0 Å². The average molecular weight is 677 g/mol. The van der Waals surface area contributed by atoms with Crippen LogP contribution in [0.2, 0.25) is 0 Å². The Balaban J connectivity index is 1.24. The molecule has 10 aromatic rings. The van der Waals surface area contributed by atoms with Gasteiger partial charge in [-0.25, -0.2) is 15.0 Å². The highest BCUT2D eigenvalue weighted by molar-refractivity contribution is 6.17. The molecule has 248 valence electrons. The molecule has 0 bridgehead atoms. The number of hydrogen-bond acceptors (Lipinski definition) is 3. The van der Waals surface area contributed by atoms with Crippen molar-refractivity contribution in [3.05, 3.63) is 194 Å². The summed E-state index contributed by atoms with van der Waals surface area (Å²) in [6, 6.07) is 68.1. The van der Waals surface area contributed by atoms with E-state index in [-0.39, 0.29) is 0 Å². The highest BCUT2D eigenvalue weighted by Gasteiger charge is 2.20. The lowest BCUT2D eigenvalue weighted by molar-refractivity contribution is 1.07. The average Bonchev–Trinajstić information content (AvgIpc) is 3.58. The maximum Gasteiger partial charge on any atom is 0.164 e. The lowest BCUT2D eigenvalue weighted by atomic mass is 9.96. The van der Waals surface area contributed by atoms with E-state index < -0.39 is 0 Å². The first-order chi connectivity index (χ1) is 26.3. The Morgan fingerprint density at radius 2 is 0.830 bits per heavy atom. The molecule has 4 nitrogen and oxygen atoms in total. The molecule has 8 aromatic carbocycles. The topological polar surface area (TPSA) is 43.6 Å². The third-order valence-corrected chi connectivity index (χ3v) is 10.0. The van der Waals surface area contributed by atoms with E-state index >= 15 is 0 Å². The summed E-state index contributed by atoms with van der Waals surface area (Å²) < 4.78 is 2.38. The van der Waals surface area contributed by atoms with Gasteiger partial charge in [0.25, 0.3) is 0 Å². The monoisotopic (exact) mass is 676 g/mol. The lowest BCUT2D eigenvalue weighted by Gasteiger charge is -2.13. The van der Waals surface area contributed by atoms with E-state index in [1.54, 1.807) is 0 Å². The molecular formula is C49H32N4. The van der Waals surface area contributed by atoms with Gasteiger partial charge in [-0.1, -0.05) is 164 Å². The summed E-state index contributed by atoms with van der Waals surface area (Å²) >= 11 is 0. The van der Waals surface area contributed by atoms with Crippen molar-refractivity contribution < 1.29 is 0 Å². The molecule has 0 saturated carbocycles. The molecule has 0 radical (unpaired) electrons. The molecule has 4 heteroatoms. The fourth-order valence-corrected chi connectivity index (χ4v) is 7.46. The second kappa shape index (κ2) is 12.9. The van der Waals surface area contributed by atoms with Crippen molar-refractivity contribution in [2.24, 2.45) is 0 Å². The Bertz CT molecular complexity index is 2910. The SMILES string of the molecule is c1ccc(-c2ccc(-c3nc(-c4ccccc4)nc(-c4cc(-c5ccccc5)c5c6ccccc6n(-c6ccc7ccccc7c6)c5c4)n3)cc2)cc1. The summed E-state index contributed by atoms with van der Waals surface area (Å²) in [6.45, 7) is 0. The third-order valence-electron chi connectivity index (χ3n) is 10.0. The van der Waals surface area contributed by atoms with E-state index in [1.165, 1.54) is 27.1 Å². The highest BCUT2D eigenvalue weighted by Crippen LogP contribution is 2.41. The van der Waals surface area contributed by atoms with Gasteiger partial charge in [-0.05, 0) is 63.4 Å². The minimum absolute atomic E-state index is 0.621. The van der Waals surface area contributed by atoms with Crippen molar-refractivity contribution in [1.29, 1.82) is 0 Å². The number of fused-ring (bicyclic) bond motifs is 4. The standard InChI is InChI=1S/C49H32N4/c1-4-14-33(15-5-1)35-24-26-38(27-25-35)48-50-47(37-19-8-3-9-20-37)51-49(52-48)40-31-43(36-17-6-2-7-18-36)46-42-22-12-13-23-44(42)53(45(46)32-40)41-29-28-34-16-10-11-21-39(34)30-41/h1-32H. The summed E-state index contributed by atoms with van der Waals surface area (Å²) in [5.41, 5.74) is 10.7. The molecule has 0 fully saturated rings. The van der Waals surface area contributed by atoms with Crippen LogP contribution in [0.15, 0.2) is 194 Å². The van der Waals surface area contributed by atoms with Crippen LogP contribution < -0.4 is 0 Å². The zero-order chi connectivity index (χ0) is 35.1. The van der Waals surface area contributed by atoms with Crippen molar-refractivity contribution in [2.45, 2.75) is 0 Å². The number of hydrogen-bond donors (Lipinski definition) is 0.